The lowest BCUT2D eigenvalue weighted by atomic mass is 9.83. The van der Waals surface area contributed by atoms with Crippen LogP contribution in [0.25, 0.3) is 0 Å². The number of likely N-dealkylation sites (tertiary alicyclic amines) is 2. The minimum absolute atomic E-state index is 0.732. The first-order valence-electron chi connectivity index (χ1n) is 8.90. The third-order valence-corrected chi connectivity index (χ3v) is 5.97. The van der Waals surface area contributed by atoms with E-state index >= 15 is 0 Å². The lowest BCUT2D eigenvalue weighted by molar-refractivity contribution is 0.00616. The lowest BCUT2D eigenvalue weighted by Crippen LogP contribution is -2.55. The van der Waals surface area contributed by atoms with Gasteiger partial charge in [-0.25, -0.2) is 0 Å². The van der Waals surface area contributed by atoms with Crippen molar-refractivity contribution in [3.05, 3.63) is 0 Å². The highest BCUT2D eigenvalue weighted by Crippen LogP contribution is 2.31. The van der Waals surface area contributed by atoms with Crippen LogP contribution in [-0.4, -0.2) is 47.6 Å². The third kappa shape index (κ3) is 3.57. The highest BCUT2D eigenvalue weighted by molar-refractivity contribution is 4.90. The predicted octanol–water partition coefficient (Wildman–Crippen LogP) is 3.86. The second-order valence-electron chi connectivity index (χ2n) is 8.05. The first-order chi connectivity index (χ1) is 9.40. The smallest absolute Gasteiger partial charge is 0.0136 e. The maximum Gasteiger partial charge on any atom is 0.0136 e. The van der Waals surface area contributed by atoms with Crippen LogP contribution in [0.3, 0.4) is 0 Å². The van der Waals surface area contributed by atoms with E-state index in [0.717, 1.165) is 35.9 Å². The monoisotopic (exact) mass is 280 g/mol. The summed E-state index contributed by atoms with van der Waals surface area (Å²) in [6.45, 7) is 18.3. The molecule has 0 saturated carbocycles. The molecular weight excluding hydrogens is 244 g/mol. The zero-order valence-electron chi connectivity index (χ0n) is 14.6. The van der Waals surface area contributed by atoms with Gasteiger partial charge < -0.3 is 0 Å². The number of rotatable bonds is 7. The summed E-state index contributed by atoms with van der Waals surface area (Å²) in [6, 6.07) is 2.39. The molecule has 2 fully saturated rings. The van der Waals surface area contributed by atoms with Crippen LogP contribution in [0.15, 0.2) is 0 Å². The molecule has 2 saturated heterocycles. The van der Waals surface area contributed by atoms with Crippen molar-refractivity contribution < 1.29 is 0 Å². The molecule has 0 amide bonds. The molecule has 0 radical (unpaired) electrons. The van der Waals surface area contributed by atoms with Crippen molar-refractivity contribution in [2.75, 3.05) is 19.6 Å². The van der Waals surface area contributed by atoms with E-state index in [1.54, 1.807) is 0 Å². The molecule has 0 aromatic heterocycles. The van der Waals surface area contributed by atoms with Gasteiger partial charge in [0, 0.05) is 37.8 Å². The van der Waals surface area contributed by atoms with Crippen LogP contribution in [0.5, 0.6) is 0 Å². The highest BCUT2D eigenvalue weighted by atomic mass is 15.2. The first-order valence-corrected chi connectivity index (χ1v) is 8.90. The molecule has 2 aliphatic heterocycles. The second kappa shape index (κ2) is 6.79. The molecule has 0 aromatic carbocycles. The van der Waals surface area contributed by atoms with Crippen molar-refractivity contribution in [2.24, 2.45) is 17.8 Å². The highest BCUT2D eigenvalue weighted by Gasteiger charge is 2.35. The van der Waals surface area contributed by atoms with Gasteiger partial charge in [0.15, 0.2) is 0 Å². The summed E-state index contributed by atoms with van der Waals surface area (Å²) in [5.41, 5.74) is 0. The largest absolute Gasteiger partial charge is 0.300 e. The fourth-order valence-corrected chi connectivity index (χ4v) is 3.89. The van der Waals surface area contributed by atoms with Crippen LogP contribution in [0.4, 0.5) is 0 Å². The molecule has 2 heteroatoms. The summed E-state index contributed by atoms with van der Waals surface area (Å²) in [7, 11) is 0. The van der Waals surface area contributed by atoms with Crippen LogP contribution in [0.2, 0.25) is 0 Å². The van der Waals surface area contributed by atoms with Gasteiger partial charge in [-0.05, 0) is 57.8 Å². The fraction of sp³-hybridized carbons (Fsp3) is 1.00. The van der Waals surface area contributed by atoms with E-state index in [4.69, 9.17) is 0 Å². The Balaban J connectivity index is 1.65. The van der Waals surface area contributed by atoms with E-state index in [1.807, 2.05) is 0 Å². The third-order valence-electron chi connectivity index (χ3n) is 5.97. The van der Waals surface area contributed by atoms with Crippen LogP contribution in [-0.2, 0) is 0 Å². The first kappa shape index (κ1) is 16.3. The van der Waals surface area contributed by atoms with Crippen LogP contribution < -0.4 is 0 Å². The molecule has 0 aliphatic carbocycles. The Morgan fingerprint density at radius 1 is 0.950 bits per heavy atom. The average Bonchev–Trinajstić information content (AvgIpc) is 2.21. The normalized spacial score (nSPS) is 28.5. The van der Waals surface area contributed by atoms with E-state index in [0.29, 0.717) is 0 Å². The zero-order valence-corrected chi connectivity index (χ0v) is 14.6. The average molecular weight is 281 g/mol. The molecule has 3 unspecified atom stereocenters. The van der Waals surface area contributed by atoms with Gasteiger partial charge in [-0.3, -0.25) is 9.80 Å². The molecular formula is C18H36N2. The molecule has 20 heavy (non-hydrogen) atoms. The molecule has 0 N–H and O–H groups in total. The van der Waals surface area contributed by atoms with Crippen molar-refractivity contribution in [3.8, 4) is 0 Å². The summed E-state index contributed by atoms with van der Waals surface area (Å²) in [6.07, 6.45) is 4.21. The van der Waals surface area contributed by atoms with Gasteiger partial charge in [-0.1, -0.05) is 20.8 Å². The molecule has 3 atom stereocenters. The molecule has 2 heterocycles. The number of hydrogen-bond acceptors (Lipinski definition) is 2. The van der Waals surface area contributed by atoms with E-state index < -0.39 is 0 Å². The van der Waals surface area contributed by atoms with E-state index in [-0.39, 0.29) is 0 Å². The van der Waals surface area contributed by atoms with Crippen molar-refractivity contribution in [1.29, 1.82) is 0 Å². The zero-order chi connectivity index (χ0) is 14.9. The Morgan fingerprint density at radius 2 is 1.60 bits per heavy atom. The van der Waals surface area contributed by atoms with Gasteiger partial charge in [-0.2, -0.15) is 0 Å². The minimum atomic E-state index is 0.732. The SMILES string of the molecule is CC(C)C1CN(C(C)CCC(C)C2CCN2C(C)C)C1. The Hall–Kier alpha value is -0.0800. The van der Waals surface area contributed by atoms with Gasteiger partial charge >= 0.3 is 0 Å². The van der Waals surface area contributed by atoms with Crippen LogP contribution >= 0.6 is 0 Å². The maximum atomic E-state index is 2.69. The molecule has 2 aliphatic rings. The second-order valence-corrected chi connectivity index (χ2v) is 8.05. The Morgan fingerprint density at radius 3 is 2.05 bits per heavy atom. The predicted molar refractivity (Wildman–Crippen MR) is 88.0 cm³/mol. The van der Waals surface area contributed by atoms with Crippen LogP contribution in [0.1, 0.15) is 60.8 Å². The fourth-order valence-electron chi connectivity index (χ4n) is 3.89. The van der Waals surface area contributed by atoms with Gasteiger partial charge in [0.05, 0.1) is 0 Å². The molecule has 118 valence electrons. The Labute approximate surface area is 126 Å². The van der Waals surface area contributed by atoms with Crippen molar-refractivity contribution in [3.63, 3.8) is 0 Å². The quantitative estimate of drug-likeness (QED) is 0.698. The van der Waals surface area contributed by atoms with Crippen molar-refractivity contribution >= 4 is 0 Å². The van der Waals surface area contributed by atoms with Crippen molar-refractivity contribution in [1.82, 2.24) is 9.80 Å². The maximum absolute atomic E-state index is 2.69. The Bertz CT molecular complexity index is 294. The molecule has 2 nitrogen and oxygen atoms in total. The number of nitrogens with zero attached hydrogens (tertiary/aromatic N) is 2. The molecule has 0 aromatic rings. The van der Waals surface area contributed by atoms with Gasteiger partial charge in [0.2, 0.25) is 0 Å². The van der Waals surface area contributed by atoms with E-state index in [9.17, 15) is 0 Å². The molecule has 0 bridgehead atoms. The summed E-state index contributed by atoms with van der Waals surface area (Å²) in [5, 5.41) is 0. The van der Waals surface area contributed by atoms with E-state index in [2.05, 4.69) is 51.3 Å². The number of hydrogen-bond donors (Lipinski definition) is 0. The lowest BCUT2D eigenvalue weighted by Gasteiger charge is -2.48. The minimum Gasteiger partial charge on any atom is -0.300 e. The van der Waals surface area contributed by atoms with Crippen LogP contribution in [0, 0.1) is 17.8 Å². The Kier molecular flexibility index (Phi) is 5.53. The topological polar surface area (TPSA) is 6.48 Å². The summed E-state index contributed by atoms with van der Waals surface area (Å²) in [5.74, 6) is 2.70. The molecule has 0 spiro atoms. The van der Waals surface area contributed by atoms with Gasteiger partial charge in [-0.15, -0.1) is 0 Å². The summed E-state index contributed by atoms with van der Waals surface area (Å²) in [4.78, 5) is 5.38. The summed E-state index contributed by atoms with van der Waals surface area (Å²) < 4.78 is 0. The summed E-state index contributed by atoms with van der Waals surface area (Å²) >= 11 is 0. The van der Waals surface area contributed by atoms with E-state index in [1.165, 1.54) is 38.9 Å². The standard InChI is InChI=1S/C18H36N2/c1-13(2)17-11-19(12-17)16(6)8-7-15(5)18-9-10-20(18)14(3)4/h13-18H,7-12H2,1-6H3. The van der Waals surface area contributed by atoms with Gasteiger partial charge in [0.1, 0.15) is 0 Å². The van der Waals surface area contributed by atoms with Crippen molar-refractivity contribution in [2.45, 2.75) is 78.9 Å². The molecule has 2 rings (SSSR count). The van der Waals surface area contributed by atoms with Gasteiger partial charge in [0.25, 0.3) is 0 Å².